The lowest BCUT2D eigenvalue weighted by Gasteiger charge is -2.08. The van der Waals surface area contributed by atoms with Gasteiger partial charge >= 0.3 is 0 Å². The normalized spacial score (nSPS) is 10.8. The van der Waals surface area contributed by atoms with Crippen molar-refractivity contribution < 1.29 is 4.79 Å². The molecule has 2 aromatic heterocycles. The molecule has 0 saturated heterocycles. The van der Waals surface area contributed by atoms with Crippen LogP contribution in [0.3, 0.4) is 0 Å². The maximum Gasteiger partial charge on any atom is 0.270 e. The van der Waals surface area contributed by atoms with Gasteiger partial charge in [-0.3, -0.25) is 4.79 Å². The molecule has 0 radical (unpaired) electrons. The molecule has 1 aromatic carbocycles. The van der Waals surface area contributed by atoms with Gasteiger partial charge in [0, 0.05) is 35.9 Å². The molecule has 2 heterocycles. The van der Waals surface area contributed by atoms with E-state index in [4.69, 9.17) is 0 Å². The summed E-state index contributed by atoms with van der Waals surface area (Å²) in [6.45, 7) is 5.22. The molecule has 130 valence electrons. The molecule has 1 amide bonds. The van der Waals surface area contributed by atoms with Crippen LogP contribution in [0.4, 0.5) is 5.95 Å². The van der Waals surface area contributed by atoms with Crippen LogP contribution < -0.4 is 10.6 Å². The number of aromatic nitrogens is 3. The zero-order valence-electron chi connectivity index (χ0n) is 14.6. The number of aryl methyl sites for hydroxylation is 1. The third-order valence-electron chi connectivity index (χ3n) is 3.97. The number of aromatic amines is 1. The van der Waals surface area contributed by atoms with Crippen molar-refractivity contribution in [3.63, 3.8) is 0 Å². The average Bonchev–Trinajstić information content (AvgIpc) is 3.02. The molecule has 3 N–H and O–H groups in total. The molecule has 0 aliphatic heterocycles. The van der Waals surface area contributed by atoms with Crippen molar-refractivity contribution in [1.29, 1.82) is 0 Å². The summed E-state index contributed by atoms with van der Waals surface area (Å²) in [7, 11) is 0. The molecule has 6 nitrogen and oxygen atoms in total. The highest BCUT2D eigenvalue weighted by Gasteiger charge is 2.10. The lowest BCUT2D eigenvalue weighted by molar-refractivity contribution is 0.0948. The van der Waals surface area contributed by atoms with E-state index in [1.807, 2.05) is 32.2 Å². The first-order valence-corrected chi connectivity index (χ1v) is 8.60. The Morgan fingerprint density at radius 3 is 2.88 bits per heavy atom. The summed E-state index contributed by atoms with van der Waals surface area (Å²) < 4.78 is 0. The van der Waals surface area contributed by atoms with E-state index in [2.05, 4.69) is 37.7 Å². The van der Waals surface area contributed by atoms with E-state index < -0.39 is 0 Å². The fraction of sp³-hybridized carbons (Fsp3) is 0.316. The second-order valence-corrected chi connectivity index (χ2v) is 6.01. The van der Waals surface area contributed by atoms with Crippen LogP contribution in [-0.4, -0.2) is 33.9 Å². The Kier molecular flexibility index (Phi) is 5.28. The quantitative estimate of drug-likeness (QED) is 0.619. The highest BCUT2D eigenvalue weighted by Crippen LogP contribution is 2.18. The van der Waals surface area contributed by atoms with Crippen LogP contribution in [0.25, 0.3) is 10.9 Å². The zero-order chi connectivity index (χ0) is 17.6. The summed E-state index contributed by atoms with van der Waals surface area (Å²) in [5.74, 6) is 0.327. The number of benzene rings is 1. The molecule has 0 aliphatic rings. The van der Waals surface area contributed by atoms with Gasteiger partial charge in [-0.05, 0) is 37.5 Å². The molecule has 6 heteroatoms. The molecule has 3 aromatic rings. The number of nitrogens with one attached hydrogen (secondary N) is 3. The fourth-order valence-corrected chi connectivity index (χ4v) is 2.74. The SMILES string of the molecule is CCCNC(=O)c1cc(C)nc(NCCc2c[nH]c3ccccc23)n1. The molecular weight excluding hydrogens is 314 g/mol. The van der Waals surface area contributed by atoms with Gasteiger partial charge in [0.25, 0.3) is 5.91 Å². The molecule has 0 bridgehead atoms. The molecule has 0 spiro atoms. The van der Waals surface area contributed by atoms with E-state index in [1.54, 1.807) is 6.07 Å². The fourth-order valence-electron chi connectivity index (χ4n) is 2.74. The number of rotatable bonds is 7. The first kappa shape index (κ1) is 17.0. The molecule has 0 saturated carbocycles. The van der Waals surface area contributed by atoms with Crippen LogP contribution in [0.15, 0.2) is 36.5 Å². The first-order valence-electron chi connectivity index (χ1n) is 8.60. The third kappa shape index (κ3) is 4.15. The standard InChI is InChI=1S/C19H23N5O/c1-3-9-20-18(25)17-11-13(2)23-19(24-17)21-10-8-14-12-22-16-7-5-4-6-15(14)16/h4-7,11-12,22H,3,8-10H2,1-2H3,(H,20,25)(H,21,23,24). The summed E-state index contributed by atoms with van der Waals surface area (Å²) in [4.78, 5) is 24.1. The van der Waals surface area contributed by atoms with Crippen molar-refractivity contribution in [3.8, 4) is 0 Å². The second kappa shape index (κ2) is 7.79. The molecule has 0 unspecified atom stereocenters. The minimum Gasteiger partial charge on any atom is -0.361 e. The van der Waals surface area contributed by atoms with E-state index in [9.17, 15) is 4.79 Å². The first-order chi connectivity index (χ1) is 12.2. The van der Waals surface area contributed by atoms with Gasteiger partial charge < -0.3 is 15.6 Å². The predicted octanol–water partition coefficient (Wildman–Crippen LogP) is 3.06. The van der Waals surface area contributed by atoms with Gasteiger partial charge in [-0.2, -0.15) is 0 Å². The van der Waals surface area contributed by atoms with Crippen molar-refractivity contribution in [1.82, 2.24) is 20.3 Å². The number of nitrogens with zero attached hydrogens (tertiary/aromatic N) is 2. The van der Waals surface area contributed by atoms with Crippen LogP contribution in [0.2, 0.25) is 0 Å². The predicted molar refractivity (Wildman–Crippen MR) is 99.9 cm³/mol. The number of carbonyl (C=O) groups is 1. The molecular formula is C19H23N5O. The van der Waals surface area contributed by atoms with Crippen LogP contribution in [0.5, 0.6) is 0 Å². The van der Waals surface area contributed by atoms with Crippen molar-refractivity contribution in [2.75, 3.05) is 18.4 Å². The van der Waals surface area contributed by atoms with Crippen LogP contribution >= 0.6 is 0 Å². The van der Waals surface area contributed by atoms with E-state index in [1.165, 1.54) is 10.9 Å². The highest BCUT2D eigenvalue weighted by molar-refractivity contribution is 5.92. The highest BCUT2D eigenvalue weighted by atomic mass is 16.1. The largest absolute Gasteiger partial charge is 0.361 e. The number of fused-ring (bicyclic) bond motifs is 1. The van der Waals surface area contributed by atoms with Crippen molar-refractivity contribution in [2.45, 2.75) is 26.7 Å². The third-order valence-corrected chi connectivity index (χ3v) is 3.97. The van der Waals surface area contributed by atoms with Crippen LogP contribution in [-0.2, 0) is 6.42 Å². The lowest BCUT2D eigenvalue weighted by atomic mass is 10.1. The number of hydrogen-bond acceptors (Lipinski definition) is 4. The minimum atomic E-state index is -0.160. The van der Waals surface area contributed by atoms with Crippen LogP contribution in [0.1, 0.15) is 35.1 Å². The van der Waals surface area contributed by atoms with Gasteiger partial charge in [-0.1, -0.05) is 25.1 Å². The molecule has 0 atom stereocenters. The maximum atomic E-state index is 12.1. The summed E-state index contributed by atoms with van der Waals surface area (Å²) >= 11 is 0. The number of hydrogen-bond donors (Lipinski definition) is 3. The van der Waals surface area contributed by atoms with Gasteiger partial charge in [0.2, 0.25) is 5.95 Å². The summed E-state index contributed by atoms with van der Waals surface area (Å²) in [5.41, 5.74) is 3.55. The number of amides is 1. The Morgan fingerprint density at radius 1 is 1.20 bits per heavy atom. The molecule has 25 heavy (non-hydrogen) atoms. The summed E-state index contributed by atoms with van der Waals surface area (Å²) in [6.07, 6.45) is 3.78. The van der Waals surface area contributed by atoms with Gasteiger partial charge in [0.1, 0.15) is 5.69 Å². The molecule has 0 fully saturated rings. The van der Waals surface area contributed by atoms with Crippen molar-refractivity contribution in [2.24, 2.45) is 0 Å². The minimum absolute atomic E-state index is 0.160. The summed E-state index contributed by atoms with van der Waals surface area (Å²) in [6, 6.07) is 9.94. The molecule has 0 aliphatic carbocycles. The maximum absolute atomic E-state index is 12.1. The Balaban J connectivity index is 1.64. The summed E-state index contributed by atoms with van der Waals surface area (Å²) in [5, 5.41) is 7.29. The average molecular weight is 337 g/mol. The van der Waals surface area contributed by atoms with Crippen LogP contribution in [0, 0.1) is 6.92 Å². The Hall–Kier alpha value is -2.89. The van der Waals surface area contributed by atoms with Gasteiger partial charge in [0.05, 0.1) is 0 Å². The van der Waals surface area contributed by atoms with Crippen molar-refractivity contribution in [3.05, 3.63) is 53.5 Å². The van der Waals surface area contributed by atoms with E-state index in [0.29, 0.717) is 24.7 Å². The smallest absolute Gasteiger partial charge is 0.270 e. The number of carbonyl (C=O) groups excluding carboxylic acids is 1. The van der Waals surface area contributed by atoms with Gasteiger partial charge in [0.15, 0.2) is 0 Å². The van der Waals surface area contributed by atoms with Gasteiger partial charge in [-0.25, -0.2) is 9.97 Å². The van der Waals surface area contributed by atoms with E-state index in [-0.39, 0.29) is 5.91 Å². The zero-order valence-corrected chi connectivity index (χ0v) is 14.6. The topological polar surface area (TPSA) is 82.7 Å². The van der Waals surface area contributed by atoms with Crippen molar-refractivity contribution >= 4 is 22.8 Å². The van der Waals surface area contributed by atoms with E-state index >= 15 is 0 Å². The number of H-pyrrole nitrogens is 1. The monoisotopic (exact) mass is 337 g/mol. The number of anilines is 1. The Morgan fingerprint density at radius 2 is 2.04 bits per heavy atom. The lowest BCUT2D eigenvalue weighted by Crippen LogP contribution is -2.25. The second-order valence-electron chi connectivity index (χ2n) is 6.01. The van der Waals surface area contributed by atoms with E-state index in [0.717, 1.165) is 24.1 Å². The Bertz CT molecular complexity index is 871. The van der Waals surface area contributed by atoms with Gasteiger partial charge in [-0.15, -0.1) is 0 Å². The molecule has 3 rings (SSSR count). The number of para-hydroxylation sites is 1. The Labute approximate surface area is 147 Å².